The van der Waals surface area contributed by atoms with Gasteiger partial charge in [0.15, 0.2) is 0 Å². The molecular formula is C23H38N4O3. The summed E-state index contributed by atoms with van der Waals surface area (Å²) in [7, 11) is 3.96. The van der Waals surface area contributed by atoms with E-state index in [1.54, 1.807) is 0 Å². The molecule has 0 bridgehead atoms. The largest absolute Gasteiger partial charge is 0.377 e. The second kappa shape index (κ2) is 11.2. The fourth-order valence-electron chi connectivity index (χ4n) is 3.61. The first kappa shape index (κ1) is 24.0. The van der Waals surface area contributed by atoms with Gasteiger partial charge in [-0.05, 0) is 56.4 Å². The Morgan fingerprint density at radius 1 is 1.20 bits per heavy atom. The Kier molecular flexibility index (Phi) is 8.96. The first-order valence-electron chi connectivity index (χ1n) is 10.9. The lowest BCUT2D eigenvalue weighted by atomic mass is 10.1. The van der Waals surface area contributed by atoms with E-state index in [1.165, 1.54) is 0 Å². The molecule has 0 aromatic heterocycles. The number of hydrogen-bond donors (Lipinski definition) is 2. The van der Waals surface area contributed by atoms with Crippen LogP contribution in [0.3, 0.4) is 0 Å². The molecule has 1 aromatic rings. The first-order chi connectivity index (χ1) is 14.2. The van der Waals surface area contributed by atoms with Crippen molar-refractivity contribution in [1.29, 1.82) is 0 Å². The van der Waals surface area contributed by atoms with Crippen molar-refractivity contribution in [3.63, 3.8) is 0 Å². The van der Waals surface area contributed by atoms with E-state index in [-0.39, 0.29) is 24.1 Å². The number of benzene rings is 1. The van der Waals surface area contributed by atoms with Crippen molar-refractivity contribution in [1.82, 2.24) is 10.2 Å². The van der Waals surface area contributed by atoms with Gasteiger partial charge in [0.2, 0.25) is 5.91 Å². The minimum atomic E-state index is -0.0977. The van der Waals surface area contributed by atoms with E-state index in [0.717, 1.165) is 36.4 Å². The molecule has 1 saturated heterocycles. The van der Waals surface area contributed by atoms with Gasteiger partial charge in [0.05, 0.1) is 6.10 Å². The Morgan fingerprint density at radius 2 is 1.93 bits per heavy atom. The number of ether oxygens (including phenoxy) is 1. The maximum atomic E-state index is 12.9. The fraction of sp³-hybridized carbons (Fsp3) is 0.652. The molecule has 1 aliphatic heterocycles. The molecule has 1 unspecified atom stereocenters. The van der Waals surface area contributed by atoms with E-state index >= 15 is 0 Å². The van der Waals surface area contributed by atoms with Crippen LogP contribution in [0.5, 0.6) is 0 Å². The average Bonchev–Trinajstić information content (AvgIpc) is 3.12. The van der Waals surface area contributed by atoms with E-state index in [1.807, 2.05) is 69.8 Å². The Morgan fingerprint density at radius 3 is 2.50 bits per heavy atom. The van der Waals surface area contributed by atoms with Crippen LogP contribution < -0.4 is 15.5 Å². The molecule has 7 heteroatoms. The minimum absolute atomic E-state index is 0.00214. The van der Waals surface area contributed by atoms with Crippen LogP contribution in [-0.4, -0.2) is 56.2 Å². The number of hydrogen-bond acceptors (Lipinski definition) is 4. The van der Waals surface area contributed by atoms with Crippen molar-refractivity contribution in [3.8, 4) is 0 Å². The van der Waals surface area contributed by atoms with Crippen molar-refractivity contribution >= 4 is 23.3 Å². The summed E-state index contributed by atoms with van der Waals surface area (Å²) in [5, 5.41) is 5.99. The molecule has 2 rings (SSSR count). The summed E-state index contributed by atoms with van der Waals surface area (Å²) in [5.74, 6) is 0.300. The molecule has 1 aromatic carbocycles. The third kappa shape index (κ3) is 7.52. The summed E-state index contributed by atoms with van der Waals surface area (Å²) >= 11 is 0. The molecule has 0 radical (unpaired) electrons. The van der Waals surface area contributed by atoms with Gasteiger partial charge in [-0.1, -0.05) is 13.8 Å². The van der Waals surface area contributed by atoms with Crippen LogP contribution in [0.25, 0.3) is 0 Å². The quantitative estimate of drug-likeness (QED) is 0.639. The van der Waals surface area contributed by atoms with Crippen molar-refractivity contribution < 1.29 is 14.3 Å². The number of anilines is 2. The molecule has 0 aliphatic carbocycles. The molecule has 1 aliphatic rings. The topological polar surface area (TPSA) is 73.9 Å². The summed E-state index contributed by atoms with van der Waals surface area (Å²) in [4.78, 5) is 29.0. The highest BCUT2D eigenvalue weighted by molar-refractivity contribution is 5.91. The van der Waals surface area contributed by atoms with Gasteiger partial charge >= 0.3 is 6.03 Å². The lowest BCUT2D eigenvalue weighted by Gasteiger charge is -2.29. The lowest BCUT2D eigenvalue weighted by molar-refractivity contribution is -0.116. The molecule has 0 spiro atoms. The van der Waals surface area contributed by atoms with Gasteiger partial charge in [-0.25, -0.2) is 4.79 Å². The molecular weight excluding hydrogens is 380 g/mol. The smallest absolute Gasteiger partial charge is 0.317 e. The fourth-order valence-corrected chi connectivity index (χ4v) is 3.61. The first-order valence-corrected chi connectivity index (χ1v) is 10.9. The molecule has 0 saturated carbocycles. The summed E-state index contributed by atoms with van der Waals surface area (Å²) in [6.07, 6.45) is 2.55. The number of nitrogens with zero attached hydrogens (tertiary/aromatic N) is 2. The second-order valence-electron chi connectivity index (χ2n) is 9.00. The highest BCUT2D eigenvalue weighted by Crippen LogP contribution is 2.26. The molecule has 7 nitrogen and oxygen atoms in total. The summed E-state index contributed by atoms with van der Waals surface area (Å²) in [6.45, 7) is 9.71. The number of carbonyl (C=O) groups excluding carboxylic acids is 2. The van der Waals surface area contributed by atoms with Crippen LogP contribution in [0.4, 0.5) is 16.2 Å². The third-order valence-corrected chi connectivity index (χ3v) is 4.95. The zero-order valence-electron chi connectivity index (χ0n) is 19.3. The van der Waals surface area contributed by atoms with Crippen molar-refractivity contribution in [2.45, 2.75) is 65.6 Å². The monoisotopic (exact) mass is 418 g/mol. The predicted octanol–water partition coefficient (Wildman–Crippen LogP) is 3.84. The van der Waals surface area contributed by atoms with Gasteiger partial charge in [0.1, 0.15) is 0 Å². The maximum absolute atomic E-state index is 12.9. The molecule has 3 amide bonds. The van der Waals surface area contributed by atoms with Gasteiger partial charge in [0.25, 0.3) is 0 Å². The maximum Gasteiger partial charge on any atom is 0.317 e. The van der Waals surface area contributed by atoms with Gasteiger partial charge in [-0.2, -0.15) is 0 Å². The average molecular weight is 419 g/mol. The van der Waals surface area contributed by atoms with Crippen LogP contribution in [0, 0.1) is 5.92 Å². The SMILES string of the molecule is CC(C)CC(=O)Nc1ccc(N(C)C)c(CN(CC2CCCO2)C(=O)NC(C)C)c1. The number of urea groups is 1. The van der Waals surface area contributed by atoms with E-state index in [9.17, 15) is 9.59 Å². The van der Waals surface area contributed by atoms with E-state index in [2.05, 4.69) is 10.6 Å². The van der Waals surface area contributed by atoms with Crippen molar-refractivity contribution in [3.05, 3.63) is 23.8 Å². The van der Waals surface area contributed by atoms with Gasteiger partial charge in [-0.15, -0.1) is 0 Å². The van der Waals surface area contributed by atoms with Crippen molar-refractivity contribution in [2.75, 3.05) is 37.5 Å². The van der Waals surface area contributed by atoms with Gasteiger partial charge in [-0.3, -0.25) is 4.79 Å². The van der Waals surface area contributed by atoms with Crippen LogP contribution in [0.1, 0.15) is 52.5 Å². The molecule has 168 valence electrons. The van der Waals surface area contributed by atoms with E-state index in [4.69, 9.17) is 4.74 Å². The Bertz CT molecular complexity index is 712. The Balaban J connectivity index is 2.24. The molecule has 1 heterocycles. The lowest BCUT2D eigenvalue weighted by Crippen LogP contribution is -2.45. The van der Waals surface area contributed by atoms with Crippen LogP contribution in [0.2, 0.25) is 0 Å². The van der Waals surface area contributed by atoms with Gasteiger partial charge in [0, 0.05) is 57.6 Å². The van der Waals surface area contributed by atoms with E-state index < -0.39 is 0 Å². The number of rotatable bonds is 9. The second-order valence-corrected chi connectivity index (χ2v) is 9.00. The highest BCUT2D eigenvalue weighted by Gasteiger charge is 2.24. The normalized spacial score (nSPS) is 16.1. The summed E-state index contributed by atoms with van der Waals surface area (Å²) in [6, 6.07) is 5.83. The molecule has 1 fully saturated rings. The highest BCUT2D eigenvalue weighted by atomic mass is 16.5. The Hall–Kier alpha value is -2.28. The standard InChI is InChI=1S/C23H38N4O3/c1-16(2)12-22(28)25-19-9-10-21(26(5)6)18(13-19)14-27(23(29)24-17(3)4)15-20-8-7-11-30-20/h9-10,13,16-17,20H,7-8,11-12,14-15H2,1-6H3,(H,24,29)(H,25,28). The van der Waals surface area contributed by atoms with Crippen LogP contribution in [0.15, 0.2) is 18.2 Å². The Labute approximate surface area is 181 Å². The number of nitrogens with one attached hydrogen (secondary N) is 2. The molecule has 1 atom stereocenters. The molecule has 30 heavy (non-hydrogen) atoms. The number of carbonyl (C=O) groups is 2. The zero-order chi connectivity index (χ0) is 22.3. The van der Waals surface area contributed by atoms with Gasteiger partial charge < -0.3 is 25.2 Å². The summed E-state index contributed by atoms with van der Waals surface area (Å²) in [5.41, 5.74) is 2.76. The van der Waals surface area contributed by atoms with Crippen LogP contribution in [-0.2, 0) is 16.1 Å². The van der Waals surface area contributed by atoms with Crippen molar-refractivity contribution in [2.24, 2.45) is 5.92 Å². The molecule has 2 N–H and O–H groups in total. The van der Waals surface area contributed by atoms with E-state index in [0.29, 0.717) is 25.4 Å². The third-order valence-electron chi connectivity index (χ3n) is 4.95. The predicted molar refractivity (Wildman–Crippen MR) is 122 cm³/mol. The van der Waals surface area contributed by atoms with Crippen LogP contribution >= 0.6 is 0 Å². The number of amides is 3. The zero-order valence-corrected chi connectivity index (χ0v) is 19.3. The summed E-state index contributed by atoms with van der Waals surface area (Å²) < 4.78 is 5.78. The minimum Gasteiger partial charge on any atom is -0.377 e.